The topological polar surface area (TPSA) is 86.6 Å². The molecule has 16 heavy (non-hydrogen) atoms. The summed E-state index contributed by atoms with van der Waals surface area (Å²) < 4.78 is 0.966. The number of carboxylic acids is 1. The third kappa shape index (κ3) is 3.42. The number of hydrogen-bond donors (Lipinski definition) is 3. The van der Waals surface area contributed by atoms with Gasteiger partial charge in [-0.3, -0.25) is 4.79 Å². The van der Waals surface area contributed by atoms with E-state index in [1.165, 1.54) is 11.3 Å². The van der Waals surface area contributed by atoms with Gasteiger partial charge in [0.05, 0.1) is 15.0 Å². The van der Waals surface area contributed by atoms with Gasteiger partial charge in [0.1, 0.15) is 0 Å². The van der Waals surface area contributed by atoms with Crippen LogP contribution in [0, 0.1) is 2.88 Å². The second-order valence-electron chi connectivity index (χ2n) is 3.40. The van der Waals surface area contributed by atoms with Crippen molar-refractivity contribution >= 4 is 45.8 Å². The Balaban J connectivity index is 2.57. The number of halogens is 1. The van der Waals surface area contributed by atoms with Crippen LogP contribution in [-0.2, 0) is 4.79 Å². The molecule has 1 rings (SSSR count). The molecule has 7 heteroatoms. The summed E-state index contributed by atoms with van der Waals surface area (Å²) in [5, 5.41) is 22.0. The predicted octanol–water partition coefficient (Wildman–Crippen LogP) is 0.918. The van der Waals surface area contributed by atoms with Crippen LogP contribution in [0.5, 0.6) is 0 Å². The van der Waals surface area contributed by atoms with Gasteiger partial charge in [0.25, 0.3) is 5.91 Å². The molecule has 0 aliphatic carbocycles. The van der Waals surface area contributed by atoms with Crippen LogP contribution in [-0.4, -0.2) is 34.2 Å². The Labute approximate surface area is 110 Å². The highest BCUT2D eigenvalue weighted by Crippen LogP contribution is 2.16. The Kier molecular flexibility index (Phi) is 4.28. The number of carboxylic acid groups (broad SMARTS) is 1. The maximum absolute atomic E-state index is 11.5. The molecule has 1 atom stereocenters. The first-order valence-electron chi connectivity index (χ1n) is 4.31. The van der Waals surface area contributed by atoms with Gasteiger partial charge in [-0.25, -0.2) is 4.79 Å². The van der Waals surface area contributed by atoms with Crippen molar-refractivity contribution in [3.8, 4) is 0 Å². The summed E-state index contributed by atoms with van der Waals surface area (Å²) in [4.78, 5) is 22.1. The standard InChI is InChI=1S/C9H10INO4S/c1-9(15,8(13)14)4-11-7(12)5-2-6(10)16-3-5/h2-3,15H,4H2,1H3,(H,11,12)(H,13,14). The number of carbonyl (C=O) groups excluding carboxylic acids is 1. The number of rotatable bonds is 4. The normalized spacial score (nSPS) is 14.2. The minimum atomic E-state index is -1.95. The Bertz CT molecular complexity index is 415. The van der Waals surface area contributed by atoms with E-state index in [0.717, 1.165) is 9.81 Å². The molecule has 0 bridgehead atoms. The molecule has 5 nitrogen and oxygen atoms in total. The summed E-state index contributed by atoms with van der Waals surface area (Å²) in [5.74, 6) is -1.76. The Morgan fingerprint density at radius 2 is 2.25 bits per heavy atom. The molecule has 0 aromatic carbocycles. The highest BCUT2D eigenvalue weighted by Gasteiger charge is 2.30. The molecule has 1 heterocycles. The Morgan fingerprint density at radius 1 is 1.62 bits per heavy atom. The monoisotopic (exact) mass is 355 g/mol. The molecule has 0 aliphatic heterocycles. The molecular weight excluding hydrogens is 345 g/mol. The minimum Gasteiger partial charge on any atom is -0.479 e. The van der Waals surface area contributed by atoms with Crippen LogP contribution in [0.15, 0.2) is 11.4 Å². The van der Waals surface area contributed by atoms with Crippen LogP contribution in [0.25, 0.3) is 0 Å². The van der Waals surface area contributed by atoms with Gasteiger partial charge in [0, 0.05) is 5.38 Å². The molecule has 0 fully saturated rings. The largest absolute Gasteiger partial charge is 0.479 e. The van der Waals surface area contributed by atoms with Crippen LogP contribution >= 0.6 is 33.9 Å². The quantitative estimate of drug-likeness (QED) is 0.701. The smallest absolute Gasteiger partial charge is 0.337 e. The zero-order valence-electron chi connectivity index (χ0n) is 8.36. The molecule has 0 spiro atoms. The lowest BCUT2D eigenvalue weighted by Crippen LogP contribution is -2.46. The van der Waals surface area contributed by atoms with E-state index in [9.17, 15) is 14.7 Å². The van der Waals surface area contributed by atoms with Gasteiger partial charge in [0.2, 0.25) is 0 Å². The first kappa shape index (κ1) is 13.4. The van der Waals surface area contributed by atoms with E-state index in [-0.39, 0.29) is 12.5 Å². The van der Waals surface area contributed by atoms with E-state index in [4.69, 9.17) is 5.11 Å². The number of aliphatic hydroxyl groups is 1. The van der Waals surface area contributed by atoms with Crippen LogP contribution in [0.3, 0.4) is 0 Å². The van der Waals surface area contributed by atoms with Crippen molar-refractivity contribution in [1.29, 1.82) is 0 Å². The summed E-state index contributed by atoms with van der Waals surface area (Å²) in [6.07, 6.45) is 0. The zero-order chi connectivity index (χ0) is 12.3. The van der Waals surface area contributed by atoms with Gasteiger partial charge in [-0.1, -0.05) is 0 Å². The number of thiophene rings is 1. The van der Waals surface area contributed by atoms with Gasteiger partial charge < -0.3 is 15.5 Å². The molecule has 1 amide bonds. The van der Waals surface area contributed by atoms with Crippen molar-refractivity contribution in [2.75, 3.05) is 6.54 Å². The Hall–Kier alpha value is -0.670. The molecule has 3 N–H and O–H groups in total. The van der Waals surface area contributed by atoms with E-state index in [0.29, 0.717) is 5.56 Å². The molecule has 1 unspecified atom stereocenters. The minimum absolute atomic E-state index is 0.326. The van der Waals surface area contributed by atoms with Crippen molar-refractivity contribution in [2.24, 2.45) is 0 Å². The van der Waals surface area contributed by atoms with E-state index in [1.807, 2.05) is 0 Å². The second-order valence-corrected chi connectivity index (χ2v) is 6.21. The third-order valence-electron chi connectivity index (χ3n) is 1.88. The van der Waals surface area contributed by atoms with Crippen LogP contribution in [0.1, 0.15) is 17.3 Å². The highest BCUT2D eigenvalue weighted by molar-refractivity contribution is 14.1. The highest BCUT2D eigenvalue weighted by atomic mass is 127. The lowest BCUT2D eigenvalue weighted by molar-refractivity contribution is -0.155. The average Bonchev–Trinajstić information content (AvgIpc) is 2.61. The zero-order valence-corrected chi connectivity index (χ0v) is 11.3. The summed E-state index contributed by atoms with van der Waals surface area (Å²) in [6.45, 7) is 0.806. The predicted molar refractivity (Wildman–Crippen MR) is 67.6 cm³/mol. The SMILES string of the molecule is CC(O)(CNC(=O)c1csc(I)c1)C(=O)O. The lowest BCUT2D eigenvalue weighted by Gasteiger charge is -2.17. The molecule has 1 aromatic rings. The average molecular weight is 355 g/mol. The van der Waals surface area contributed by atoms with E-state index >= 15 is 0 Å². The fraction of sp³-hybridized carbons (Fsp3) is 0.333. The number of aliphatic carboxylic acids is 1. The van der Waals surface area contributed by atoms with Crippen molar-refractivity contribution < 1.29 is 19.8 Å². The molecule has 0 saturated heterocycles. The van der Waals surface area contributed by atoms with Gasteiger partial charge in [-0.15, -0.1) is 11.3 Å². The van der Waals surface area contributed by atoms with Crippen molar-refractivity contribution in [3.63, 3.8) is 0 Å². The van der Waals surface area contributed by atoms with E-state index in [2.05, 4.69) is 27.9 Å². The molecule has 0 aliphatic rings. The van der Waals surface area contributed by atoms with Crippen LogP contribution in [0.4, 0.5) is 0 Å². The fourth-order valence-electron chi connectivity index (χ4n) is 0.859. The number of amides is 1. The number of carbonyl (C=O) groups is 2. The van der Waals surface area contributed by atoms with Crippen LogP contribution in [0.2, 0.25) is 0 Å². The molecular formula is C9H10INO4S. The lowest BCUT2D eigenvalue weighted by atomic mass is 10.1. The van der Waals surface area contributed by atoms with Gasteiger partial charge in [-0.2, -0.15) is 0 Å². The first-order valence-corrected chi connectivity index (χ1v) is 6.27. The molecule has 88 valence electrons. The van der Waals surface area contributed by atoms with Crippen molar-refractivity contribution in [2.45, 2.75) is 12.5 Å². The van der Waals surface area contributed by atoms with E-state index in [1.54, 1.807) is 11.4 Å². The maximum atomic E-state index is 11.5. The van der Waals surface area contributed by atoms with E-state index < -0.39 is 11.6 Å². The summed E-state index contributed by atoms with van der Waals surface area (Å²) in [5.41, 5.74) is -1.48. The maximum Gasteiger partial charge on any atom is 0.337 e. The van der Waals surface area contributed by atoms with Gasteiger partial charge in [0.15, 0.2) is 5.60 Å². The van der Waals surface area contributed by atoms with Gasteiger partial charge >= 0.3 is 5.97 Å². The van der Waals surface area contributed by atoms with Crippen LogP contribution < -0.4 is 5.32 Å². The fourth-order valence-corrected chi connectivity index (χ4v) is 2.19. The molecule has 0 saturated carbocycles. The van der Waals surface area contributed by atoms with Crippen molar-refractivity contribution in [1.82, 2.24) is 5.32 Å². The number of hydrogen-bond acceptors (Lipinski definition) is 4. The van der Waals surface area contributed by atoms with Crippen molar-refractivity contribution in [3.05, 3.63) is 19.9 Å². The summed E-state index contributed by atoms with van der Waals surface area (Å²) >= 11 is 3.50. The third-order valence-corrected chi connectivity index (χ3v) is 3.67. The van der Waals surface area contributed by atoms with Gasteiger partial charge in [-0.05, 0) is 35.6 Å². The Morgan fingerprint density at radius 3 is 2.69 bits per heavy atom. The summed E-state index contributed by atoms with van der Waals surface area (Å²) in [7, 11) is 0. The molecule has 1 aromatic heterocycles. The second kappa shape index (κ2) is 5.11. The molecule has 0 radical (unpaired) electrons. The number of nitrogens with one attached hydrogen (secondary N) is 1. The summed E-state index contributed by atoms with van der Waals surface area (Å²) in [6, 6.07) is 1.69. The first-order chi connectivity index (χ1) is 7.33.